The van der Waals surface area contributed by atoms with Crippen LogP contribution in [0.25, 0.3) is 48.8 Å². The lowest BCUT2D eigenvalue weighted by Crippen LogP contribution is -2.12. The summed E-state index contributed by atoms with van der Waals surface area (Å²) < 4.78 is 55.9. The first-order chi connectivity index (χ1) is 28.3. The monoisotopic (exact) mass is 844 g/mol. The number of fused-ring (bicyclic) bond motifs is 2. The van der Waals surface area contributed by atoms with E-state index in [1.807, 2.05) is 23.0 Å². The molecule has 1 fully saturated rings. The maximum absolute atomic E-state index is 13.3. The second-order valence-corrected chi connectivity index (χ2v) is 20.0. The minimum atomic E-state index is -3.76. The molecule has 0 unspecified atom stereocenters. The van der Waals surface area contributed by atoms with E-state index in [9.17, 15) is 16.8 Å². The lowest BCUT2D eigenvalue weighted by atomic mass is 9.84. The van der Waals surface area contributed by atoms with Gasteiger partial charge in [-0.2, -0.15) is 0 Å². The highest BCUT2D eigenvalue weighted by Gasteiger charge is 2.26. The van der Waals surface area contributed by atoms with Crippen molar-refractivity contribution in [2.75, 3.05) is 0 Å². The average molecular weight is 845 g/mol. The average Bonchev–Trinajstić information content (AvgIpc) is 4.12. The van der Waals surface area contributed by atoms with Crippen LogP contribution in [0.15, 0.2) is 137 Å². The van der Waals surface area contributed by atoms with Gasteiger partial charge in [0.1, 0.15) is 10.0 Å². The molecule has 0 spiro atoms. The van der Waals surface area contributed by atoms with Gasteiger partial charge in [-0.1, -0.05) is 61.7 Å². The Hall–Kier alpha value is -5.28. The second kappa shape index (κ2) is 16.2. The van der Waals surface area contributed by atoms with Gasteiger partial charge in [0, 0.05) is 69.8 Å². The van der Waals surface area contributed by atoms with Gasteiger partial charge in [-0.15, -0.1) is 22.7 Å². The molecule has 294 valence electrons. The molecule has 0 radical (unpaired) electrons. The summed E-state index contributed by atoms with van der Waals surface area (Å²) in [6.07, 6.45) is 23.3. The summed E-state index contributed by atoms with van der Waals surface area (Å²) in [5.74, 6) is 0.499. The molecule has 0 N–H and O–H groups in total. The highest BCUT2D eigenvalue weighted by Crippen LogP contribution is 2.39. The number of allylic oxidation sites excluding steroid dienone is 2. The largest absolute Gasteiger partial charge is 0.269 e. The zero-order valence-electron chi connectivity index (χ0n) is 31.5. The molecule has 0 aliphatic heterocycles. The summed E-state index contributed by atoms with van der Waals surface area (Å²) >= 11 is 3.00. The number of rotatable bonds is 8. The van der Waals surface area contributed by atoms with Crippen molar-refractivity contribution >= 4 is 70.4 Å². The molecule has 2 aromatic carbocycles. The summed E-state index contributed by atoms with van der Waals surface area (Å²) in [4.78, 5) is 18.6. The summed E-state index contributed by atoms with van der Waals surface area (Å²) in [5, 5.41) is 7.05. The van der Waals surface area contributed by atoms with Crippen LogP contribution in [0.2, 0.25) is 0 Å². The summed E-state index contributed by atoms with van der Waals surface area (Å²) in [5.41, 5.74) is 6.04. The van der Waals surface area contributed by atoms with E-state index in [4.69, 9.17) is 0 Å². The zero-order chi connectivity index (χ0) is 39.7. The first-order valence-corrected chi connectivity index (χ1v) is 24.1. The number of hydrogen-bond donors (Lipinski definition) is 0. The van der Waals surface area contributed by atoms with Crippen LogP contribution in [0.3, 0.4) is 0 Å². The number of thiazole rings is 2. The Morgan fingerprint density at radius 2 is 1.16 bits per heavy atom. The Labute approximate surface area is 345 Å². The third kappa shape index (κ3) is 7.34. The summed E-state index contributed by atoms with van der Waals surface area (Å²) in [6.45, 7) is 0. The zero-order valence-corrected chi connectivity index (χ0v) is 34.8. The fraction of sp³-hybridized carbons (Fsp3) is 0.227. The number of hydrogen-bond acceptors (Lipinski definition) is 10. The number of aromatic nitrogens is 6. The highest BCUT2D eigenvalue weighted by molar-refractivity contribution is 7.90. The molecule has 6 heterocycles. The standard InChI is InChI=1S/C22H21N3O2S2.C22H19N3O2S2/c2*26-29(27,18-9-5-2-6-10-18)25-15-20(22-23-11-12-28-22)19-13-17(14-24-21(19)25)16-7-3-1-4-8-16/h2,5-6,9-16H,1,3-4,7-8H2;2,5-7,9-15H,1,3-4,8H2. The van der Waals surface area contributed by atoms with Crippen LogP contribution < -0.4 is 0 Å². The fourth-order valence-corrected chi connectivity index (χ4v) is 12.0. The summed E-state index contributed by atoms with van der Waals surface area (Å²) in [6, 6.07) is 21.1. The van der Waals surface area contributed by atoms with Crippen molar-refractivity contribution < 1.29 is 16.8 Å². The van der Waals surface area contributed by atoms with E-state index < -0.39 is 20.0 Å². The van der Waals surface area contributed by atoms with E-state index in [1.54, 1.807) is 85.6 Å². The van der Waals surface area contributed by atoms with E-state index in [2.05, 4.69) is 38.1 Å². The molecular formula is C44H40N6O4S4. The van der Waals surface area contributed by atoms with Crippen molar-refractivity contribution in [3.63, 3.8) is 0 Å². The van der Waals surface area contributed by atoms with Crippen LogP contribution >= 0.6 is 22.7 Å². The molecule has 0 bridgehead atoms. The first-order valence-electron chi connectivity index (χ1n) is 19.4. The van der Waals surface area contributed by atoms with Crippen LogP contribution in [-0.4, -0.2) is 44.7 Å². The SMILES string of the molecule is O=S(=O)(c1ccccc1)n1cc(-c2nccs2)c2cc(C3=CCCCC3)cnc21.O=S(=O)(c1ccccc1)n1cc(-c2nccs2)c2cc(C3CCCCC3)cnc21. The Bertz CT molecular complexity index is 2950. The molecule has 10 rings (SSSR count). The molecule has 58 heavy (non-hydrogen) atoms. The molecule has 6 aromatic heterocycles. The predicted molar refractivity (Wildman–Crippen MR) is 232 cm³/mol. The lowest BCUT2D eigenvalue weighted by molar-refractivity contribution is 0.443. The van der Waals surface area contributed by atoms with Crippen LogP contribution in [-0.2, 0) is 20.0 Å². The van der Waals surface area contributed by atoms with E-state index in [-0.39, 0.29) is 9.79 Å². The van der Waals surface area contributed by atoms with Gasteiger partial charge in [-0.3, -0.25) is 0 Å². The molecule has 14 heteroatoms. The molecule has 8 aromatic rings. The van der Waals surface area contributed by atoms with E-state index in [0.29, 0.717) is 17.2 Å². The molecule has 10 nitrogen and oxygen atoms in total. The van der Waals surface area contributed by atoms with Gasteiger partial charge in [-0.05, 0) is 97.5 Å². The van der Waals surface area contributed by atoms with E-state index in [0.717, 1.165) is 50.3 Å². The number of pyridine rings is 2. The van der Waals surface area contributed by atoms with Gasteiger partial charge in [0.25, 0.3) is 20.0 Å². The van der Waals surface area contributed by atoms with Crippen molar-refractivity contribution in [3.05, 3.63) is 138 Å². The predicted octanol–water partition coefficient (Wildman–Crippen LogP) is 10.8. The van der Waals surface area contributed by atoms with Crippen LogP contribution in [0.1, 0.15) is 74.8 Å². The van der Waals surface area contributed by atoms with Gasteiger partial charge in [0.15, 0.2) is 11.3 Å². The van der Waals surface area contributed by atoms with Gasteiger partial charge >= 0.3 is 0 Å². The Morgan fingerprint density at radius 1 is 0.603 bits per heavy atom. The number of benzene rings is 2. The van der Waals surface area contributed by atoms with Gasteiger partial charge in [0.05, 0.1) is 9.79 Å². The molecule has 2 aliphatic rings. The third-order valence-corrected chi connectivity index (χ3v) is 15.8. The Kier molecular flexibility index (Phi) is 10.7. The second-order valence-electron chi connectivity index (χ2n) is 14.5. The van der Waals surface area contributed by atoms with Crippen LogP contribution in [0, 0.1) is 0 Å². The van der Waals surface area contributed by atoms with E-state index in [1.165, 1.54) is 86.7 Å². The van der Waals surface area contributed by atoms with Crippen molar-refractivity contribution in [2.24, 2.45) is 0 Å². The van der Waals surface area contributed by atoms with Gasteiger partial charge in [0.2, 0.25) is 0 Å². The van der Waals surface area contributed by atoms with E-state index >= 15 is 0 Å². The fourth-order valence-electron chi connectivity index (χ4n) is 7.94. The quantitative estimate of drug-likeness (QED) is 0.148. The molecule has 1 saturated carbocycles. The molecule has 0 saturated heterocycles. The van der Waals surface area contributed by atoms with Crippen molar-refractivity contribution in [1.29, 1.82) is 0 Å². The first kappa shape index (κ1) is 38.2. The molecule has 2 aliphatic carbocycles. The normalized spacial score (nSPS) is 15.3. The Morgan fingerprint density at radius 3 is 1.67 bits per heavy atom. The number of nitrogens with zero attached hydrogens (tertiary/aromatic N) is 6. The smallest absolute Gasteiger partial charge is 0.244 e. The topological polar surface area (TPSA) is 130 Å². The highest BCUT2D eigenvalue weighted by atomic mass is 32.2. The molecule has 0 atom stereocenters. The maximum atomic E-state index is 13.3. The van der Waals surface area contributed by atoms with Crippen LogP contribution in [0.4, 0.5) is 0 Å². The van der Waals surface area contributed by atoms with Crippen molar-refractivity contribution in [1.82, 2.24) is 27.9 Å². The molecular weight excluding hydrogens is 805 g/mol. The minimum Gasteiger partial charge on any atom is -0.244 e. The van der Waals surface area contributed by atoms with Gasteiger partial charge in [-0.25, -0.2) is 44.7 Å². The van der Waals surface area contributed by atoms with Crippen molar-refractivity contribution in [2.45, 2.75) is 73.5 Å². The maximum Gasteiger partial charge on any atom is 0.269 e. The summed E-state index contributed by atoms with van der Waals surface area (Å²) in [7, 11) is -7.50. The minimum absolute atomic E-state index is 0.239. The van der Waals surface area contributed by atoms with Crippen molar-refractivity contribution in [3.8, 4) is 21.1 Å². The third-order valence-electron chi connectivity index (χ3n) is 10.9. The lowest BCUT2D eigenvalue weighted by Gasteiger charge is -2.21. The Balaban J connectivity index is 0.000000150. The van der Waals surface area contributed by atoms with Gasteiger partial charge < -0.3 is 0 Å². The van der Waals surface area contributed by atoms with Crippen LogP contribution in [0.5, 0.6) is 0 Å². The molecule has 0 amide bonds.